The Labute approximate surface area is 92.9 Å². The molecular formula is C12H13BrO. The summed E-state index contributed by atoms with van der Waals surface area (Å²) in [5, 5.41) is 0. The maximum absolute atomic E-state index is 5.82. The number of benzene rings is 1. The first-order chi connectivity index (χ1) is 6.84. The third-order valence-corrected chi connectivity index (χ3v) is 2.79. The van der Waals surface area contributed by atoms with Gasteiger partial charge in [-0.3, -0.25) is 0 Å². The molecule has 0 saturated heterocycles. The van der Waals surface area contributed by atoms with Crippen molar-refractivity contribution in [3.8, 4) is 5.75 Å². The van der Waals surface area contributed by atoms with Gasteiger partial charge in [-0.15, -0.1) is 0 Å². The molecule has 1 aromatic rings. The molecular weight excluding hydrogens is 240 g/mol. The Bertz CT molecular complexity index is 333. The van der Waals surface area contributed by atoms with Crippen LogP contribution in [0.4, 0.5) is 0 Å². The van der Waals surface area contributed by atoms with Crippen LogP contribution in [0.25, 0.3) is 0 Å². The molecule has 1 aliphatic rings. The number of hydrogen-bond acceptors (Lipinski definition) is 1. The van der Waals surface area contributed by atoms with Crippen molar-refractivity contribution in [3.05, 3.63) is 40.9 Å². The normalized spacial score (nSPS) is 20.8. The predicted octanol–water partition coefficient (Wildman–Crippen LogP) is 3.94. The Morgan fingerprint density at radius 2 is 2.29 bits per heavy atom. The zero-order valence-corrected chi connectivity index (χ0v) is 9.53. The van der Waals surface area contributed by atoms with E-state index in [1.807, 2.05) is 24.3 Å². The first-order valence-corrected chi connectivity index (χ1v) is 5.73. The lowest BCUT2D eigenvalue weighted by atomic mass is 10.1. The van der Waals surface area contributed by atoms with E-state index in [2.05, 4.69) is 28.1 Å². The van der Waals surface area contributed by atoms with Gasteiger partial charge in [-0.1, -0.05) is 28.1 Å². The van der Waals surface area contributed by atoms with Crippen molar-refractivity contribution in [1.29, 1.82) is 0 Å². The standard InChI is InChI=1S/C12H13BrO/c13-10-5-4-8-12(9-10)14-11-6-2-1-3-7-11/h2,4-6,8-9,11H,1,3,7H2. The summed E-state index contributed by atoms with van der Waals surface area (Å²) < 4.78 is 6.88. The molecule has 2 rings (SSSR count). The lowest BCUT2D eigenvalue weighted by Crippen LogP contribution is -2.15. The molecule has 2 heteroatoms. The van der Waals surface area contributed by atoms with Gasteiger partial charge in [0.05, 0.1) is 0 Å². The Hall–Kier alpha value is -0.760. The highest BCUT2D eigenvalue weighted by Crippen LogP contribution is 2.22. The van der Waals surface area contributed by atoms with Gasteiger partial charge in [0.1, 0.15) is 11.9 Å². The van der Waals surface area contributed by atoms with Crippen molar-refractivity contribution in [2.45, 2.75) is 25.4 Å². The largest absolute Gasteiger partial charge is 0.486 e. The summed E-state index contributed by atoms with van der Waals surface area (Å²) >= 11 is 3.43. The van der Waals surface area contributed by atoms with Crippen molar-refractivity contribution < 1.29 is 4.74 Å². The van der Waals surface area contributed by atoms with Crippen LogP contribution < -0.4 is 4.74 Å². The molecule has 74 valence electrons. The Morgan fingerprint density at radius 3 is 3.00 bits per heavy atom. The molecule has 1 aliphatic carbocycles. The van der Waals surface area contributed by atoms with Crippen molar-refractivity contribution in [1.82, 2.24) is 0 Å². The van der Waals surface area contributed by atoms with E-state index >= 15 is 0 Å². The number of ether oxygens (including phenoxy) is 1. The quantitative estimate of drug-likeness (QED) is 0.725. The lowest BCUT2D eigenvalue weighted by Gasteiger charge is -2.18. The van der Waals surface area contributed by atoms with Crippen LogP contribution in [0.15, 0.2) is 40.9 Å². The van der Waals surface area contributed by atoms with Crippen LogP contribution >= 0.6 is 15.9 Å². The molecule has 1 aromatic carbocycles. The van der Waals surface area contributed by atoms with E-state index in [-0.39, 0.29) is 6.10 Å². The fraction of sp³-hybridized carbons (Fsp3) is 0.333. The van der Waals surface area contributed by atoms with E-state index in [0.717, 1.165) is 16.6 Å². The molecule has 14 heavy (non-hydrogen) atoms. The highest BCUT2D eigenvalue weighted by Gasteiger charge is 2.09. The minimum Gasteiger partial charge on any atom is -0.486 e. The van der Waals surface area contributed by atoms with Gasteiger partial charge < -0.3 is 4.74 Å². The van der Waals surface area contributed by atoms with Crippen LogP contribution in [0.5, 0.6) is 5.75 Å². The molecule has 0 fully saturated rings. The van der Waals surface area contributed by atoms with E-state index in [0.29, 0.717) is 0 Å². The molecule has 0 saturated carbocycles. The van der Waals surface area contributed by atoms with Crippen molar-refractivity contribution >= 4 is 15.9 Å². The number of hydrogen-bond donors (Lipinski definition) is 0. The van der Waals surface area contributed by atoms with Crippen LogP contribution in [0.2, 0.25) is 0 Å². The Balaban J connectivity index is 2.02. The zero-order valence-electron chi connectivity index (χ0n) is 7.95. The second-order valence-corrected chi connectivity index (χ2v) is 4.39. The molecule has 0 heterocycles. The van der Waals surface area contributed by atoms with Gasteiger partial charge in [-0.2, -0.15) is 0 Å². The summed E-state index contributed by atoms with van der Waals surface area (Å²) in [6, 6.07) is 7.99. The molecule has 1 atom stereocenters. The molecule has 0 bridgehead atoms. The van der Waals surface area contributed by atoms with E-state index in [9.17, 15) is 0 Å². The van der Waals surface area contributed by atoms with E-state index in [1.54, 1.807) is 0 Å². The fourth-order valence-electron chi connectivity index (χ4n) is 1.59. The van der Waals surface area contributed by atoms with E-state index in [4.69, 9.17) is 4.74 Å². The van der Waals surface area contributed by atoms with E-state index in [1.165, 1.54) is 12.8 Å². The summed E-state index contributed by atoms with van der Waals surface area (Å²) in [4.78, 5) is 0. The summed E-state index contributed by atoms with van der Waals surface area (Å²) in [5.41, 5.74) is 0. The maximum Gasteiger partial charge on any atom is 0.121 e. The smallest absolute Gasteiger partial charge is 0.121 e. The fourth-order valence-corrected chi connectivity index (χ4v) is 1.97. The first-order valence-electron chi connectivity index (χ1n) is 4.93. The van der Waals surface area contributed by atoms with Crippen LogP contribution in [-0.4, -0.2) is 6.10 Å². The van der Waals surface area contributed by atoms with Crippen molar-refractivity contribution in [3.63, 3.8) is 0 Å². The van der Waals surface area contributed by atoms with E-state index < -0.39 is 0 Å². The third-order valence-electron chi connectivity index (χ3n) is 2.29. The monoisotopic (exact) mass is 252 g/mol. The zero-order chi connectivity index (χ0) is 9.80. The molecule has 0 spiro atoms. The lowest BCUT2D eigenvalue weighted by molar-refractivity contribution is 0.230. The van der Waals surface area contributed by atoms with Crippen LogP contribution in [0.3, 0.4) is 0 Å². The second-order valence-electron chi connectivity index (χ2n) is 3.47. The van der Waals surface area contributed by atoms with Gasteiger partial charge in [0, 0.05) is 4.47 Å². The van der Waals surface area contributed by atoms with Crippen LogP contribution in [-0.2, 0) is 0 Å². The van der Waals surface area contributed by atoms with Gasteiger partial charge in [0.25, 0.3) is 0 Å². The highest BCUT2D eigenvalue weighted by molar-refractivity contribution is 9.10. The average molecular weight is 253 g/mol. The SMILES string of the molecule is Brc1cccc(OC2C=CCCC2)c1. The predicted molar refractivity (Wildman–Crippen MR) is 61.5 cm³/mol. The van der Waals surface area contributed by atoms with Gasteiger partial charge in [-0.25, -0.2) is 0 Å². The molecule has 0 radical (unpaired) electrons. The van der Waals surface area contributed by atoms with Crippen LogP contribution in [0.1, 0.15) is 19.3 Å². The average Bonchev–Trinajstić information content (AvgIpc) is 2.19. The van der Waals surface area contributed by atoms with Gasteiger partial charge in [0.2, 0.25) is 0 Å². The minimum atomic E-state index is 0.262. The van der Waals surface area contributed by atoms with Crippen LogP contribution in [0, 0.1) is 0 Å². The molecule has 1 nitrogen and oxygen atoms in total. The third kappa shape index (κ3) is 2.61. The van der Waals surface area contributed by atoms with Crippen molar-refractivity contribution in [2.24, 2.45) is 0 Å². The Morgan fingerprint density at radius 1 is 1.36 bits per heavy atom. The first kappa shape index (κ1) is 9.78. The maximum atomic E-state index is 5.82. The summed E-state index contributed by atoms with van der Waals surface area (Å²) in [6.07, 6.45) is 8.17. The molecule has 0 aliphatic heterocycles. The number of halogens is 1. The molecule has 1 unspecified atom stereocenters. The topological polar surface area (TPSA) is 9.23 Å². The molecule has 0 amide bonds. The number of allylic oxidation sites excluding steroid dienone is 1. The molecule has 0 N–H and O–H groups in total. The second kappa shape index (κ2) is 4.65. The summed E-state index contributed by atoms with van der Waals surface area (Å²) in [7, 11) is 0. The highest BCUT2D eigenvalue weighted by atomic mass is 79.9. The summed E-state index contributed by atoms with van der Waals surface area (Å²) in [5.74, 6) is 0.941. The van der Waals surface area contributed by atoms with Crippen molar-refractivity contribution in [2.75, 3.05) is 0 Å². The summed E-state index contributed by atoms with van der Waals surface area (Å²) in [6.45, 7) is 0. The number of rotatable bonds is 2. The van der Waals surface area contributed by atoms with Gasteiger partial charge in [0.15, 0.2) is 0 Å². The minimum absolute atomic E-state index is 0.262. The van der Waals surface area contributed by atoms with Gasteiger partial charge in [-0.05, 0) is 43.5 Å². The van der Waals surface area contributed by atoms with Gasteiger partial charge >= 0.3 is 0 Å². The molecule has 0 aromatic heterocycles. The Kier molecular flexibility index (Phi) is 3.25.